The highest BCUT2D eigenvalue weighted by Gasteiger charge is 2.30. The lowest BCUT2D eigenvalue weighted by atomic mass is 9.92. The molecule has 2 aromatic rings. The third-order valence-electron chi connectivity index (χ3n) is 5.08. The summed E-state index contributed by atoms with van der Waals surface area (Å²) < 4.78 is 21.4. The van der Waals surface area contributed by atoms with E-state index in [0.29, 0.717) is 35.1 Å². The van der Waals surface area contributed by atoms with Crippen LogP contribution in [0.5, 0.6) is 23.0 Å². The summed E-state index contributed by atoms with van der Waals surface area (Å²) in [5.74, 6) is 2.48. The van der Waals surface area contributed by atoms with Crippen molar-refractivity contribution in [2.45, 2.75) is 19.4 Å². The highest BCUT2D eigenvalue weighted by atomic mass is 16.5. The van der Waals surface area contributed by atoms with Gasteiger partial charge >= 0.3 is 0 Å². The minimum absolute atomic E-state index is 0.0381. The summed E-state index contributed by atoms with van der Waals surface area (Å²) in [6.45, 7) is 2.67. The maximum atomic E-state index is 13.1. The van der Waals surface area contributed by atoms with Crippen LogP contribution < -0.4 is 18.9 Å². The molecule has 1 aliphatic rings. The van der Waals surface area contributed by atoms with Crippen LogP contribution in [-0.2, 0) is 6.42 Å². The van der Waals surface area contributed by atoms with Crippen molar-refractivity contribution in [2.75, 3.05) is 35.0 Å². The first-order chi connectivity index (χ1) is 13.0. The Morgan fingerprint density at radius 1 is 0.889 bits per heavy atom. The van der Waals surface area contributed by atoms with Gasteiger partial charge in [-0.3, -0.25) is 4.79 Å². The van der Waals surface area contributed by atoms with Crippen molar-refractivity contribution in [2.24, 2.45) is 0 Å². The van der Waals surface area contributed by atoms with Gasteiger partial charge in [0.15, 0.2) is 23.0 Å². The predicted molar refractivity (Wildman–Crippen MR) is 102 cm³/mol. The molecule has 0 aromatic heterocycles. The van der Waals surface area contributed by atoms with E-state index >= 15 is 0 Å². The number of ether oxygens (including phenoxy) is 4. The SMILES string of the molecule is COc1ccc(C(=O)N2CCc3cc(OC)c(OC)cc3C2C)cc1OC. The fraction of sp³-hybridized carbons (Fsp3) is 0.381. The lowest BCUT2D eigenvalue weighted by molar-refractivity contribution is 0.0677. The third-order valence-corrected chi connectivity index (χ3v) is 5.08. The molecule has 144 valence electrons. The summed E-state index contributed by atoms with van der Waals surface area (Å²) in [5, 5.41) is 0. The number of benzene rings is 2. The van der Waals surface area contributed by atoms with Crippen molar-refractivity contribution < 1.29 is 23.7 Å². The van der Waals surface area contributed by atoms with Crippen LogP contribution in [0.3, 0.4) is 0 Å². The van der Waals surface area contributed by atoms with Gasteiger partial charge in [-0.2, -0.15) is 0 Å². The molecule has 2 aromatic carbocycles. The molecule has 1 aliphatic heterocycles. The van der Waals surface area contributed by atoms with Gasteiger partial charge in [-0.1, -0.05) is 0 Å². The van der Waals surface area contributed by atoms with E-state index in [1.165, 1.54) is 5.56 Å². The molecule has 27 heavy (non-hydrogen) atoms. The number of fused-ring (bicyclic) bond motifs is 1. The smallest absolute Gasteiger partial charge is 0.254 e. The summed E-state index contributed by atoms with van der Waals surface area (Å²) in [6.07, 6.45) is 0.763. The van der Waals surface area contributed by atoms with E-state index in [1.807, 2.05) is 24.0 Å². The summed E-state index contributed by atoms with van der Waals surface area (Å²) in [4.78, 5) is 15.0. The predicted octanol–water partition coefficient (Wildman–Crippen LogP) is 3.48. The van der Waals surface area contributed by atoms with Crippen molar-refractivity contribution in [3.05, 3.63) is 47.0 Å². The summed E-state index contributed by atoms with van der Waals surface area (Å²) in [6, 6.07) is 9.13. The molecule has 0 bridgehead atoms. The average Bonchev–Trinajstić information content (AvgIpc) is 2.72. The van der Waals surface area contributed by atoms with E-state index < -0.39 is 0 Å². The number of rotatable bonds is 5. The molecular weight excluding hydrogens is 346 g/mol. The number of carbonyl (C=O) groups is 1. The first-order valence-corrected chi connectivity index (χ1v) is 8.81. The quantitative estimate of drug-likeness (QED) is 0.805. The zero-order valence-corrected chi connectivity index (χ0v) is 16.4. The maximum Gasteiger partial charge on any atom is 0.254 e. The van der Waals surface area contributed by atoms with Crippen LogP contribution >= 0.6 is 0 Å². The molecule has 1 atom stereocenters. The van der Waals surface area contributed by atoms with E-state index in [1.54, 1.807) is 46.6 Å². The first-order valence-electron chi connectivity index (χ1n) is 8.81. The Bertz CT molecular complexity index is 849. The largest absolute Gasteiger partial charge is 0.493 e. The van der Waals surface area contributed by atoms with Crippen LogP contribution in [0.4, 0.5) is 0 Å². The molecule has 1 unspecified atom stereocenters. The molecule has 1 heterocycles. The lowest BCUT2D eigenvalue weighted by Crippen LogP contribution is -2.38. The minimum atomic E-state index is -0.0749. The van der Waals surface area contributed by atoms with E-state index in [2.05, 4.69) is 0 Å². The van der Waals surface area contributed by atoms with Gasteiger partial charge in [0.1, 0.15) is 0 Å². The number of hydrogen-bond donors (Lipinski definition) is 0. The lowest BCUT2D eigenvalue weighted by Gasteiger charge is -2.36. The zero-order chi connectivity index (χ0) is 19.6. The zero-order valence-electron chi connectivity index (χ0n) is 16.4. The van der Waals surface area contributed by atoms with E-state index in [4.69, 9.17) is 18.9 Å². The van der Waals surface area contributed by atoms with Crippen LogP contribution in [0.2, 0.25) is 0 Å². The maximum absolute atomic E-state index is 13.1. The molecule has 0 saturated carbocycles. The van der Waals surface area contributed by atoms with Gasteiger partial charge in [-0.25, -0.2) is 0 Å². The number of carbonyl (C=O) groups excluding carboxylic acids is 1. The minimum Gasteiger partial charge on any atom is -0.493 e. The topological polar surface area (TPSA) is 57.2 Å². The Hall–Kier alpha value is -2.89. The van der Waals surface area contributed by atoms with Crippen molar-refractivity contribution in [1.82, 2.24) is 4.90 Å². The highest BCUT2D eigenvalue weighted by Crippen LogP contribution is 2.38. The first kappa shape index (κ1) is 18.9. The molecule has 0 radical (unpaired) electrons. The summed E-state index contributed by atoms with van der Waals surface area (Å²) in [5.41, 5.74) is 2.83. The van der Waals surface area contributed by atoms with Crippen LogP contribution in [-0.4, -0.2) is 45.8 Å². The fourth-order valence-corrected chi connectivity index (χ4v) is 3.56. The van der Waals surface area contributed by atoms with Gasteiger partial charge in [-0.15, -0.1) is 0 Å². The molecule has 0 spiro atoms. The fourth-order valence-electron chi connectivity index (χ4n) is 3.56. The third kappa shape index (κ3) is 3.39. The summed E-state index contributed by atoms with van der Waals surface area (Å²) in [7, 11) is 6.38. The van der Waals surface area contributed by atoms with Crippen LogP contribution in [0.15, 0.2) is 30.3 Å². The van der Waals surface area contributed by atoms with Crippen molar-refractivity contribution in [3.63, 3.8) is 0 Å². The number of nitrogens with zero attached hydrogens (tertiary/aromatic N) is 1. The molecule has 3 rings (SSSR count). The highest BCUT2D eigenvalue weighted by molar-refractivity contribution is 5.95. The Morgan fingerprint density at radius 3 is 2.11 bits per heavy atom. The van der Waals surface area contributed by atoms with Crippen LogP contribution in [0, 0.1) is 0 Å². The van der Waals surface area contributed by atoms with Gasteiger partial charge in [0.25, 0.3) is 5.91 Å². The standard InChI is InChI=1S/C21H25NO5/c1-13-16-12-20(27-5)19(26-4)10-14(16)8-9-22(13)21(23)15-6-7-17(24-2)18(11-15)25-3/h6-7,10-13H,8-9H2,1-5H3. The number of hydrogen-bond acceptors (Lipinski definition) is 5. The molecule has 0 aliphatic carbocycles. The number of methoxy groups -OCH3 is 4. The van der Waals surface area contributed by atoms with Gasteiger partial charge < -0.3 is 23.8 Å². The Morgan fingerprint density at radius 2 is 1.48 bits per heavy atom. The second kappa shape index (κ2) is 7.78. The van der Waals surface area contributed by atoms with Gasteiger partial charge in [0.05, 0.1) is 34.5 Å². The molecule has 0 N–H and O–H groups in total. The van der Waals surface area contributed by atoms with E-state index in [-0.39, 0.29) is 11.9 Å². The molecule has 6 nitrogen and oxygen atoms in total. The average molecular weight is 371 g/mol. The monoisotopic (exact) mass is 371 g/mol. The Kier molecular flexibility index (Phi) is 5.44. The van der Waals surface area contributed by atoms with Crippen LogP contribution in [0.25, 0.3) is 0 Å². The second-order valence-corrected chi connectivity index (χ2v) is 6.40. The van der Waals surface area contributed by atoms with Crippen molar-refractivity contribution in [1.29, 1.82) is 0 Å². The van der Waals surface area contributed by atoms with Gasteiger partial charge in [0.2, 0.25) is 0 Å². The van der Waals surface area contributed by atoms with E-state index in [9.17, 15) is 4.79 Å². The molecular formula is C21H25NO5. The normalized spacial score (nSPS) is 15.7. The number of amides is 1. The van der Waals surface area contributed by atoms with Crippen LogP contribution in [0.1, 0.15) is 34.5 Å². The second-order valence-electron chi connectivity index (χ2n) is 6.40. The Labute approximate surface area is 159 Å². The summed E-state index contributed by atoms with van der Waals surface area (Å²) >= 11 is 0. The van der Waals surface area contributed by atoms with Gasteiger partial charge in [0, 0.05) is 12.1 Å². The van der Waals surface area contributed by atoms with Crippen molar-refractivity contribution in [3.8, 4) is 23.0 Å². The van der Waals surface area contributed by atoms with E-state index in [0.717, 1.165) is 12.0 Å². The van der Waals surface area contributed by atoms with Crippen molar-refractivity contribution >= 4 is 5.91 Å². The molecule has 0 saturated heterocycles. The molecule has 0 fully saturated rings. The van der Waals surface area contributed by atoms with Gasteiger partial charge in [-0.05, 0) is 54.8 Å². The molecule has 6 heteroatoms. The Balaban J connectivity index is 1.92. The molecule has 1 amide bonds.